The van der Waals surface area contributed by atoms with Crippen LogP contribution in [0.5, 0.6) is 0 Å². The molecule has 6 rings (SSSR count). The summed E-state index contributed by atoms with van der Waals surface area (Å²) in [6.45, 7) is 2.22. The number of aryl methyl sites for hydroxylation is 2. The van der Waals surface area contributed by atoms with Gasteiger partial charge in [0.2, 0.25) is 0 Å². The predicted octanol–water partition coefficient (Wildman–Crippen LogP) is 10.7. The Morgan fingerprint density at radius 1 is 0.870 bits per heavy atom. The molecule has 0 radical (unpaired) electrons. The second kappa shape index (κ2) is 15.4. The Hall–Kier alpha value is -4.15. The first-order valence-corrected chi connectivity index (χ1v) is 17.6. The maximum atomic E-state index is 14.0. The smallest absolute Gasteiger partial charge is 0.140 e. The van der Waals surface area contributed by atoms with Gasteiger partial charge in [-0.25, -0.2) is 0 Å². The molecule has 0 aliphatic heterocycles. The fraction of sp³-hybridized carbons (Fsp3) is 0.356. The summed E-state index contributed by atoms with van der Waals surface area (Å²) in [5.41, 5.74) is 8.74. The zero-order chi connectivity index (χ0) is 31.7. The van der Waals surface area contributed by atoms with Gasteiger partial charge in [0.1, 0.15) is 5.78 Å². The van der Waals surface area contributed by atoms with Crippen LogP contribution in [-0.4, -0.2) is 5.78 Å². The van der Waals surface area contributed by atoms with E-state index in [4.69, 9.17) is 6.42 Å². The molecule has 1 fully saturated rings. The predicted molar refractivity (Wildman–Crippen MR) is 193 cm³/mol. The van der Waals surface area contributed by atoms with E-state index in [9.17, 15) is 4.79 Å². The van der Waals surface area contributed by atoms with E-state index >= 15 is 0 Å². The van der Waals surface area contributed by atoms with E-state index in [2.05, 4.69) is 122 Å². The first-order valence-electron chi connectivity index (χ1n) is 17.6. The molecule has 2 atom stereocenters. The third-order valence-corrected chi connectivity index (χ3v) is 10.5. The first-order chi connectivity index (χ1) is 22.6. The van der Waals surface area contributed by atoms with Gasteiger partial charge in [-0.05, 0) is 121 Å². The highest BCUT2D eigenvalue weighted by Gasteiger charge is 2.33. The van der Waals surface area contributed by atoms with Crippen LogP contribution in [0.25, 0.3) is 5.57 Å². The van der Waals surface area contributed by atoms with Gasteiger partial charge in [-0.1, -0.05) is 122 Å². The molecular weight excluding hydrogens is 556 g/mol. The fourth-order valence-corrected chi connectivity index (χ4v) is 7.89. The van der Waals surface area contributed by atoms with Gasteiger partial charge in [-0.15, -0.1) is 6.42 Å². The molecule has 234 valence electrons. The summed E-state index contributed by atoms with van der Waals surface area (Å²) in [4.78, 5) is 14.0. The Labute approximate surface area is 277 Å². The van der Waals surface area contributed by atoms with Gasteiger partial charge < -0.3 is 0 Å². The molecule has 0 spiro atoms. The quantitative estimate of drug-likeness (QED) is 0.177. The normalized spacial score (nSPS) is 21.3. The Kier molecular flexibility index (Phi) is 10.7. The summed E-state index contributed by atoms with van der Waals surface area (Å²) in [5.74, 6) is 5.40. The molecule has 3 aromatic carbocycles. The van der Waals surface area contributed by atoms with Crippen molar-refractivity contribution >= 4 is 11.4 Å². The monoisotopic (exact) mass is 604 g/mol. The van der Waals surface area contributed by atoms with Crippen molar-refractivity contribution in [2.75, 3.05) is 0 Å². The molecule has 1 heteroatoms. The number of terminal acetylenes is 1. The molecule has 0 heterocycles. The highest BCUT2D eigenvalue weighted by atomic mass is 16.1. The number of benzene rings is 3. The number of allylic oxidation sites excluding steroid dienone is 8. The van der Waals surface area contributed by atoms with Crippen LogP contribution in [0.2, 0.25) is 0 Å². The Bertz CT molecular complexity index is 1620. The summed E-state index contributed by atoms with van der Waals surface area (Å²) in [5, 5.41) is 0. The molecule has 1 saturated carbocycles. The number of hydrogen-bond acceptors (Lipinski definition) is 1. The molecule has 0 aromatic heterocycles. The van der Waals surface area contributed by atoms with Crippen LogP contribution in [0.3, 0.4) is 0 Å². The lowest BCUT2D eigenvalue weighted by Gasteiger charge is -2.34. The van der Waals surface area contributed by atoms with Crippen molar-refractivity contribution in [1.29, 1.82) is 0 Å². The number of carbonyl (C=O) groups is 1. The largest absolute Gasteiger partial charge is 0.299 e. The molecular formula is C45H48O. The lowest BCUT2D eigenvalue weighted by atomic mass is 9.70. The molecule has 3 aliphatic carbocycles. The van der Waals surface area contributed by atoms with Crippen molar-refractivity contribution in [2.24, 2.45) is 23.7 Å². The summed E-state index contributed by atoms with van der Waals surface area (Å²) >= 11 is 0. The van der Waals surface area contributed by atoms with E-state index in [1.165, 1.54) is 52.7 Å². The minimum Gasteiger partial charge on any atom is -0.299 e. The summed E-state index contributed by atoms with van der Waals surface area (Å²) in [6.07, 6.45) is 32.0. The number of Topliss-reactive ketones (excluding diaryl/α,β-unsaturated/α-hetero) is 1. The zero-order valence-corrected chi connectivity index (χ0v) is 27.4. The molecule has 0 bridgehead atoms. The lowest BCUT2D eigenvalue weighted by molar-refractivity contribution is -0.122. The van der Waals surface area contributed by atoms with Crippen LogP contribution in [0.4, 0.5) is 0 Å². The zero-order valence-electron chi connectivity index (χ0n) is 27.4. The van der Waals surface area contributed by atoms with Crippen LogP contribution < -0.4 is 0 Å². The van der Waals surface area contributed by atoms with E-state index in [1.54, 1.807) is 0 Å². The van der Waals surface area contributed by atoms with Crippen LogP contribution in [0.15, 0.2) is 115 Å². The van der Waals surface area contributed by atoms with Gasteiger partial charge >= 0.3 is 0 Å². The van der Waals surface area contributed by atoms with Gasteiger partial charge in [0.25, 0.3) is 0 Å². The van der Waals surface area contributed by atoms with Crippen LogP contribution >= 0.6 is 0 Å². The Morgan fingerprint density at radius 2 is 1.63 bits per heavy atom. The van der Waals surface area contributed by atoms with E-state index in [1.807, 2.05) is 6.07 Å². The number of carbonyl (C=O) groups excluding carboxylic acids is 1. The maximum Gasteiger partial charge on any atom is 0.140 e. The standard InChI is InChI=1S/C45H48O/c1-3-38-22-19-37(32-42(38)15-9-14-34-12-7-8-13-34)31-36-17-23-40(24-18-36)45(44(46)29-20-35-10-5-4-6-11-35)41-27-25-39(26-28-41)43-21-16-33(2)30-43/h1,4-8,10-13,16,19,21-22,25-28,30,32-34,36,40,45H,9,14-15,17-18,20,23-24,29,31H2,2H3. The highest BCUT2D eigenvalue weighted by molar-refractivity contribution is 5.86. The number of hydrogen-bond donors (Lipinski definition) is 0. The van der Waals surface area contributed by atoms with Crippen LogP contribution in [0, 0.1) is 36.0 Å². The van der Waals surface area contributed by atoms with E-state index < -0.39 is 0 Å². The third-order valence-electron chi connectivity index (χ3n) is 10.5. The minimum atomic E-state index is -0.0307. The Morgan fingerprint density at radius 3 is 2.33 bits per heavy atom. The van der Waals surface area contributed by atoms with E-state index in [-0.39, 0.29) is 5.92 Å². The van der Waals surface area contributed by atoms with Crippen molar-refractivity contribution in [1.82, 2.24) is 0 Å². The maximum absolute atomic E-state index is 14.0. The van der Waals surface area contributed by atoms with E-state index in [0.29, 0.717) is 35.9 Å². The van der Waals surface area contributed by atoms with Gasteiger partial charge in [-0.3, -0.25) is 4.79 Å². The second-order valence-corrected chi connectivity index (χ2v) is 13.8. The molecule has 2 unspecified atom stereocenters. The van der Waals surface area contributed by atoms with Gasteiger partial charge in [0.05, 0.1) is 0 Å². The molecule has 3 aliphatic rings. The third kappa shape index (κ3) is 8.16. The molecule has 0 N–H and O–H groups in total. The van der Waals surface area contributed by atoms with Crippen molar-refractivity contribution in [3.05, 3.63) is 149 Å². The topological polar surface area (TPSA) is 17.1 Å². The van der Waals surface area contributed by atoms with Gasteiger partial charge in [0, 0.05) is 17.9 Å². The van der Waals surface area contributed by atoms with Crippen molar-refractivity contribution in [3.63, 3.8) is 0 Å². The summed E-state index contributed by atoms with van der Waals surface area (Å²) < 4.78 is 0. The SMILES string of the molecule is C#Cc1ccc(CC2CCC(C(C(=O)CCc3ccccc3)c3ccc(C4=CC(C)C=C4)cc3)CC2)cc1CCCC1C=CC=C1. The first kappa shape index (κ1) is 31.8. The average Bonchev–Trinajstić information content (AvgIpc) is 3.78. The number of rotatable bonds is 13. The van der Waals surface area contributed by atoms with Gasteiger partial charge in [-0.2, -0.15) is 0 Å². The highest BCUT2D eigenvalue weighted by Crippen LogP contribution is 2.41. The minimum absolute atomic E-state index is 0.0307. The Balaban J connectivity index is 1.11. The summed E-state index contributed by atoms with van der Waals surface area (Å²) in [7, 11) is 0. The van der Waals surface area contributed by atoms with Crippen LogP contribution in [0.1, 0.15) is 91.2 Å². The average molecular weight is 605 g/mol. The van der Waals surface area contributed by atoms with E-state index in [0.717, 1.165) is 44.1 Å². The number of ketones is 1. The molecule has 0 saturated heterocycles. The summed E-state index contributed by atoms with van der Waals surface area (Å²) in [6, 6.07) is 26.2. The fourth-order valence-electron chi connectivity index (χ4n) is 7.89. The second-order valence-electron chi connectivity index (χ2n) is 13.8. The van der Waals surface area contributed by atoms with Crippen molar-refractivity contribution in [2.45, 2.75) is 77.0 Å². The molecule has 1 nitrogen and oxygen atoms in total. The van der Waals surface area contributed by atoms with Crippen LogP contribution in [-0.2, 0) is 24.1 Å². The van der Waals surface area contributed by atoms with Crippen molar-refractivity contribution in [3.8, 4) is 12.3 Å². The molecule has 3 aromatic rings. The lowest BCUT2D eigenvalue weighted by Crippen LogP contribution is -2.27. The molecule has 0 amide bonds. The van der Waals surface area contributed by atoms with Crippen molar-refractivity contribution < 1.29 is 4.79 Å². The molecule has 46 heavy (non-hydrogen) atoms. The van der Waals surface area contributed by atoms with Gasteiger partial charge in [0.15, 0.2) is 0 Å².